The number of nitrogens with one attached hydrogen (secondary N) is 1. The number of rotatable bonds is 6. The SMILES string of the molecule is CCOCc1nc(NC)cc(Sc2nccs2)n1. The van der Waals surface area contributed by atoms with Gasteiger partial charge in [0.2, 0.25) is 0 Å². The van der Waals surface area contributed by atoms with Crippen LogP contribution in [0.3, 0.4) is 0 Å². The van der Waals surface area contributed by atoms with Crippen molar-refractivity contribution in [2.24, 2.45) is 0 Å². The van der Waals surface area contributed by atoms with E-state index >= 15 is 0 Å². The van der Waals surface area contributed by atoms with Crippen molar-refractivity contribution < 1.29 is 4.74 Å². The zero-order valence-electron chi connectivity index (χ0n) is 10.2. The summed E-state index contributed by atoms with van der Waals surface area (Å²) >= 11 is 3.13. The second kappa shape index (κ2) is 6.67. The van der Waals surface area contributed by atoms with Gasteiger partial charge in [-0.1, -0.05) is 0 Å². The largest absolute Gasteiger partial charge is 0.374 e. The Bertz CT molecular complexity index is 490. The molecule has 0 radical (unpaired) electrons. The first-order chi connectivity index (χ1) is 8.81. The van der Waals surface area contributed by atoms with E-state index in [2.05, 4.69) is 20.3 Å². The number of aromatic nitrogens is 3. The number of hydrogen-bond donors (Lipinski definition) is 1. The topological polar surface area (TPSA) is 59.9 Å². The molecule has 96 valence electrons. The fourth-order valence-corrected chi connectivity index (χ4v) is 2.85. The number of hydrogen-bond acceptors (Lipinski definition) is 7. The number of thiazole rings is 1. The molecular formula is C11H14N4OS2. The van der Waals surface area contributed by atoms with Crippen molar-refractivity contribution >= 4 is 28.9 Å². The van der Waals surface area contributed by atoms with Gasteiger partial charge in [-0.15, -0.1) is 11.3 Å². The molecule has 0 spiro atoms. The summed E-state index contributed by atoms with van der Waals surface area (Å²) in [6.07, 6.45) is 1.79. The molecule has 0 saturated carbocycles. The van der Waals surface area contributed by atoms with Crippen LogP contribution in [0.25, 0.3) is 0 Å². The molecule has 0 saturated heterocycles. The van der Waals surface area contributed by atoms with Crippen molar-refractivity contribution in [3.05, 3.63) is 23.5 Å². The van der Waals surface area contributed by atoms with Crippen LogP contribution in [-0.2, 0) is 11.3 Å². The van der Waals surface area contributed by atoms with Gasteiger partial charge in [-0.05, 0) is 18.7 Å². The normalized spacial score (nSPS) is 10.6. The molecule has 0 aliphatic rings. The van der Waals surface area contributed by atoms with Gasteiger partial charge in [-0.2, -0.15) is 0 Å². The minimum atomic E-state index is 0.428. The summed E-state index contributed by atoms with van der Waals surface area (Å²) in [6, 6.07) is 1.90. The van der Waals surface area contributed by atoms with Crippen molar-refractivity contribution in [2.45, 2.75) is 22.9 Å². The maximum Gasteiger partial charge on any atom is 0.157 e. The molecule has 0 unspecified atom stereocenters. The lowest BCUT2D eigenvalue weighted by atomic mass is 10.5. The Balaban J connectivity index is 2.17. The second-order valence-corrected chi connectivity index (χ2v) is 5.46. The molecule has 2 heterocycles. The molecule has 5 nitrogen and oxygen atoms in total. The van der Waals surface area contributed by atoms with Crippen molar-refractivity contribution in [2.75, 3.05) is 19.0 Å². The first-order valence-corrected chi connectivity index (χ1v) is 7.22. The van der Waals surface area contributed by atoms with Crippen LogP contribution in [-0.4, -0.2) is 28.6 Å². The summed E-state index contributed by atoms with van der Waals surface area (Å²) in [7, 11) is 1.84. The second-order valence-electron chi connectivity index (χ2n) is 3.29. The quantitative estimate of drug-likeness (QED) is 0.822. The van der Waals surface area contributed by atoms with Gasteiger partial charge < -0.3 is 10.1 Å². The highest BCUT2D eigenvalue weighted by Gasteiger charge is 2.07. The molecule has 0 aromatic carbocycles. The van der Waals surface area contributed by atoms with E-state index in [1.54, 1.807) is 17.5 Å². The van der Waals surface area contributed by atoms with Crippen molar-refractivity contribution in [1.82, 2.24) is 15.0 Å². The molecule has 1 N–H and O–H groups in total. The van der Waals surface area contributed by atoms with Gasteiger partial charge in [-0.3, -0.25) is 0 Å². The van der Waals surface area contributed by atoms with E-state index in [4.69, 9.17) is 4.74 Å². The van der Waals surface area contributed by atoms with Gasteiger partial charge in [0.25, 0.3) is 0 Å². The van der Waals surface area contributed by atoms with E-state index in [0.717, 1.165) is 15.2 Å². The van der Waals surface area contributed by atoms with Gasteiger partial charge in [0.05, 0.1) is 0 Å². The van der Waals surface area contributed by atoms with E-state index in [1.807, 2.05) is 25.4 Å². The molecule has 2 aromatic rings. The van der Waals surface area contributed by atoms with Crippen LogP contribution in [0.15, 0.2) is 27.0 Å². The smallest absolute Gasteiger partial charge is 0.157 e. The van der Waals surface area contributed by atoms with Crippen LogP contribution < -0.4 is 5.32 Å². The molecule has 2 aromatic heterocycles. The molecular weight excluding hydrogens is 268 g/mol. The van der Waals surface area contributed by atoms with Crippen LogP contribution in [0.2, 0.25) is 0 Å². The molecule has 0 aliphatic heterocycles. The van der Waals surface area contributed by atoms with E-state index < -0.39 is 0 Å². The molecule has 0 fully saturated rings. The zero-order chi connectivity index (χ0) is 12.8. The lowest BCUT2D eigenvalue weighted by Gasteiger charge is -2.06. The summed E-state index contributed by atoms with van der Waals surface area (Å²) in [6.45, 7) is 3.03. The summed E-state index contributed by atoms with van der Waals surface area (Å²) in [5, 5.41) is 5.85. The zero-order valence-corrected chi connectivity index (χ0v) is 11.8. The fraction of sp³-hybridized carbons (Fsp3) is 0.364. The average Bonchev–Trinajstić information content (AvgIpc) is 2.89. The van der Waals surface area contributed by atoms with E-state index in [0.29, 0.717) is 19.0 Å². The summed E-state index contributed by atoms with van der Waals surface area (Å²) in [4.78, 5) is 13.0. The van der Waals surface area contributed by atoms with E-state index in [1.165, 1.54) is 11.8 Å². The van der Waals surface area contributed by atoms with Gasteiger partial charge in [0.15, 0.2) is 10.2 Å². The minimum absolute atomic E-state index is 0.428. The van der Waals surface area contributed by atoms with Crippen LogP contribution in [0.5, 0.6) is 0 Å². The van der Waals surface area contributed by atoms with Crippen LogP contribution in [0, 0.1) is 0 Å². The summed E-state index contributed by atoms with van der Waals surface area (Å²) in [5.41, 5.74) is 0. The maximum absolute atomic E-state index is 5.33. The fourth-order valence-electron chi connectivity index (χ4n) is 1.26. The summed E-state index contributed by atoms with van der Waals surface area (Å²) < 4.78 is 6.30. The van der Waals surface area contributed by atoms with Gasteiger partial charge in [-0.25, -0.2) is 15.0 Å². The first kappa shape index (κ1) is 13.3. The molecule has 2 rings (SSSR count). The molecule has 0 aliphatic carbocycles. The molecule has 18 heavy (non-hydrogen) atoms. The monoisotopic (exact) mass is 282 g/mol. The first-order valence-electron chi connectivity index (χ1n) is 5.52. The predicted molar refractivity (Wildman–Crippen MR) is 73.1 cm³/mol. The van der Waals surface area contributed by atoms with Crippen LogP contribution >= 0.6 is 23.1 Å². The highest BCUT2D eigenvalue weighted by atomic mass is 32.2. The lowest BCUT2D eigenvalue weighted by Crippen LogP contribution is -2.03. The molecule has 7 heteroatoms. The lowest BCUT2D eigenvalue weighted by molar-refractivity contribution is 0.128. The molecule has 0 atom stereocenters. The molecule has 0 bridgehead atoms. The number of ether oxygens (including phenoxy) is 1. The Morgan fingerprint density at radius 3 is 3.00 bits per heavy atom. The predicted octanol–water partition coefficient (Wildman–Crippen LogP) is 2.66. The highest BCUT2D eigenvalue weighted by Crippen LogP contribution is 2.28. The number of anilines is 1. The third-order valence-corrected chi connectivity index (χ3v) is 3.84. The third kappa shape index (κ3) is 3.66. The Morgan fingerprint density at radius 1 is 1.44 bits per heavy atom. The Morgan fingerprint density at radius 2 is 2.33 bits per heavy atom. The number of nitrogens with zero attached hydrogens (tertiary/aromatic N) is 3. The summed E-state index contributed by atoms with van der Waals surface area (Å²) in [5.74, 6) is 1.47. The molecule has 0 amide bonds. The minimum Gasteiger partial charge on any atom is -0.374 e. The highest BCUT2D eigenvalue weighted by molar-refractivity contribution is 8.01. The Hall–Kier alpha value is -1.18. The van der Waals surface area contributed by atoms with Crippen LogP contribution in [0.1, 0.15) is 12.7 Å². The van der Waals surface area contributed by atoms with Gasteiger partial charge >= 0.3 is 0 Å². The van der Waals surface area contributed by atoms with Crippen molar-refractivity contribution in [3.8, 4) is 0 Å². The maximum atomic E-state index is 5.33. The third-order valence-electron chi connectivity index (χ3n) is 2.04. The Labute approximate surface area is 114 Å². The average molecular weight is 282 g/mol. The van der Waals surface area contributed by atoms with Crippen molar-refractivity contribution in [3.63, 3.8) is 0 Å². The van der Waals surface area contributed by atoms with E-state index in [9.17, 15) is 0 Å². The van der Waals surface area contributed by atoms with Crippen molar-refractivity contribution in [1.29, 1.82) is 0 Å². The van der Waals surface area contributed by atoms with E-state index in [-0.39, 0.29) is 0 Å². The van der Waals surface area contributed by atoms with Gasteiger partial charge in [0.1, 0.15) is 17.5 Å². The van der Waals surface area contributed by atoms with Crippen LogP contribution in [0.4, 0.5) is 5.82 Å². The van der Waals surface area contributed by atoms with Gasteiger partial charge in [0, 0.05) is 31.3 Å². The standard InChI is InChI=1S/C11H14N4OS2/c1-3-16-7-9-14-8(12-2)6-10(15-9)18-11-13-4-5-17-11/h4-6H,3,7H2,1-2H3,(H,12,14,15). The Kier molecular flexibility index (Phi) is 4.91.